The maximum atomic E-state index is 13.0. The Labute approximate surface area is 175 Å². The molecule has 9 heteroatoms. The van der Waals surface area contributed by atoms with Gasteiger partial charge in [-0.15, -0.1) is 0 Å². The normalized spacial score (nSPS) is 16.9. The summed E-state index contributed by atoms with van der Waals surface area (Å²) in [5, 5.41) is 9.05. The van der Waals surface area contributed by atoms with Crippen LogP contribution in [0.1, 0.15) is 23.1 Å². The van der Waals surface area contributed by atoms with Crippen molar-refractivity contribution in [1.29, 1.82) is 0 Å². The molecule has 1 fully saturated rings. The highest BCUT2D eigenvalue weighted by molar-refractivity contribution is 7.82. The highest BCUT2D eigenvalue weighted by Gasteiger charge is 2.30. The molecule has 0 spiro atoms. The van der Waals surface area contributed by atoms with Crippen molar-refractivity contribution in [2.75, 3.05) is 31.1 Å². The van der Waals surface area contributed by atoms with E-state index >= 15 is 0 Å². The maximum absolute atomic E-state index is 13.0. The van der Waals surface area contributed by atoms with Crippen molar-refractivity contribution in [3.8, 4) is 0 Å². The Balaban J connectivity index is 1.69. The second-order valence-corrected chi connectivity index (χ2v) is 8.71. The van der Waals surface area contributed by atoms with E-state index in [4.69, 9.17) is 5.11 Å². The van der Waals surface area contributed by atoms with Gasteiger partial charge in [-0.3, -0.25) is 4.79 Å². The van der Waals surface area contributed by atoms with Crippen molar-refractivity contribution in [2.45, 2.75) is 30.8 Å². The molecule has 1 aliphatic heterocycles. The lowest BCUT2D eigenvalue weighted by molar-refractivity contribution is -0.138. The number of hydrogen-bond acceptors (Lipinski definition) is 3. The average Bonchev–Trinajstić information content (AvgIpc) is 2.94. The summed E-state index contributed by atoms with van der Waals surface area (Å²) in [5.74, 6) is -0.942. The maximum Gasteiger partial charge on any atom is 0.416 e. The quantitative estimate of drug-likeness (QED) is 0.767. The van der Waals surface area contributed by atoms with Gasteiger partial charge in [-0.25, -0.2) is 8.51 Å². The zero-order chi connectivity index (χ0) is 21.9. The molecule has 3 rings (SSSR count). The summed E-state index contributed by atoms with van der Waals surface area (Å²) in [4.78, 5) is 13.6. The van der Waals surface area contributed by atoms with Crippen LogP contribution in [0.2, 0.25) is 0 Å². The Kier molecular flexibility index (Phi) is 6.82. The third-order valence-electron chi connectivity index (χ3n) is 5.11. The molecule has 1 heterocycles. The summed E-state index contributed by atoms with van der Waals surface area (Å²) in [5.41, 5.74) is 1.49. The van der Waals surface area contributed by atoms with E-state index in [1.165, 1.54) is 12.1 Å². The number of aliphatic carboxylic acids is 1. The molecule has 0 amide bonds. The number of carboxylic acids is 1. The van der Waals surface area contributed by atoms with Crippen LogP contribution in [0.15, 0.2) is 47.4 Å². The lowest BCUT2D eigenvalue weighted by Crippen LogP contribution is -2.32. The first kappa shape index (κ1) is 22.3. The van der Waals surface area contributed by atoms with Crippen LogP contribution in [-0.4, -0.2) is 45.8 Å². The zero-order valence-electron chi connectivity index (χ0n) is 16.5. The summed E-state index contributed by atoms with van der Waals surface area (Å²) < 4.78 is 53.2. The molecule has 0 bridgehead atoms. The molecule has 1 unspecified atom stereocenters. The van der Waals surface area contributed by atoms with Crippen LogP contribution in [0, 0.1) is 6.92 Å². The summed E-state index contributed by atoms with van der Waals surface area (Å²) in [7, 11) is -1.44. The lowest BCUT2D eigenvalue weighted by Gasteiger charge is -2.24. The molecule has 1 aliphatic rings. The predicted octanol–water partition coefficient (Wildman–Crippen LogP) is 3.88. The number of carboxylic acid groups (broad SMARTS) is 1. The van der Waals surface area contributed by atoms with Crippen molar-refractivity contribution < 1.29 is 27.3 Å². The highest BCUT2D eigenvalue weighted by Crippen LogP contribution is 2.31. The van der Waals surface area contributed by atoms with Gasteiger partial charge < -0.3 is 10.0 Å². The van der Waals surface area contributed by atoms with E-state index in [2.05, 4.69) is 0 Å². The Bertz CT molecular complexity index is 932. The fourth-order valence-electron chi connectivity index (χ4n) is 3.44. The molecule has 0 radical (unpaired) electrons. The Morgan fingerprint density at radius 3 is 2.40 bits per heavy atom. The van der Waals surface area contributed by atoms with E-state index in [9.17, 15) is 22.2 Å². The number of aryl methyl sites for hydroxylation is 1. The van der Waals surface area contributed by atoms with Gasteiger partial charge >= 0.3 is 12.1 Å². The van der Waals surface area contributed by atoms with E-state index in [-0.39, 0.29) is 6.42 Å². The number of benzene rings is 2. The molecule has 2 aromatic carbocycles. The van der Waals surface area contributed by atoms with Crippen LogP contribution in [0.4, 0.5) is 18.9 Å². The van der Waals surface area contributed by atoms with Crippen molar-refractivity contribution in [1.82, 2.24) is 4.31 Å². The fourth-order valence-corrected chi connectivity index (χ4v) is 4.71. The Hall–Kier alpha value is -2.39. The van der Waals surface area contributed by atoms with E-state index in [0.717, 1.165) is 17.7 Å². The van der Waals surface area contributed by atoms with Gasteiger partial charge in [0.25, 0.3) is 0 Å². The summed E-state index contributed by atoms with van der Waals surface area (Å²) in [6.45, 7) is 4.06. The zero-order valence-corrected chi connectivity index (χ0v) is 17.3. The molecule has 0 aliphatic carbocycles. The van der Waals surface area contributed by atoms with Gasteiger partial charge in [-0.2, -0.15) is 13.2 Å². The molecule has 1 saturated heterocycles. The molecule has 2 aromatic rings. The molecule has 162 valence electrons. The van der Waals surface area contributed by atoms with E-state index in [1.54, 1.807) is 18.2 Å². The van der Waals surface area contributed by atoms with Crippen molar-refractivity contribution >= 4 is 22.6 Å². The number of nitrogens with zero attached hydrogens (tertiary/aromatic N) is 2. The van der Waals surface area contributed by atoms with Crippen LogP contribution >= 0.6 is 0 Å². The third kappa shape index (κ3) is 5.40. The Morgan fingerprint density at radius 2 is 1.77 bits per heavy atom. The molecule has 1 N–H and O–H groups in total. The van der Waals surface area contributed by atoms with Crippen LogP contribution in [-0.2, 0) is 28.4 Å². The Morgan fingerprint density at radius 1 is 1.07 bits per heavy atom. The third-order valence-corrected chi connectivity index (χ3v) is 6.60. The number of carbonyl (C=O) groups is 1. The van der Waals surface area contributed by atoms with Gasteiger partial charge in [-0.05, 0) is 60.9 Å². The van der Waals surface area contributed by atoms with Crippen molar-refractivity contribution in [3.63, 3.8) is 0 Å². The van der Waals surface area contributed by atoms with Crippen LogP contribution in [0.25, 0.3) is 0 Å². The SMILES string of the molecule is Cc1ccc(S(=O)N2CCCN(c3ccc(C(F)(F)F)cc3)CC2)cc1CC(=O)O. The summed E-state index contributed by atoms with van der Waals surface area (Å²) >= 11 is 0. The van der Waals surface area contributed by atoms with E-state index in [1.807, 2.05) is 16.1 Å². The fraction of sp³-hybridized carbons (Fsp3) is 0.381. The highest BCUT2D eigenvalue weighted by atomic mass is 32.2. The average molecular weight is 440 g/mol. The predicted molar refractivity (Wildman–Crippen MR) is 109 cm³/mol. The summed E-state index contributed by atoms with van der Waals surface area (Å²) in [6, 6.07) is 10.3. The minimum atomic E-state index is -4.36. The first-order valence-electron chi connectivity index (χ1n) is 9.55. The minimum Gasteiger partial charge on any atom is -0.481 e. The number of hydrogen-bond donors (Lipinski definition) is 1. The van der Waals surface area contributed by atoms with E-state index < -0.39 is 28.7 Å². The van der Waals surface area contributed by atoms with Gasteiger partial charge in [0.05, 0.1) is 16.9 Å². The van der Waals surface area contributed by atoms with Gasteiger partial charge in [0.1, 0.15) is 11.0 Å². The molecule has 30 heavy (non-hydrogen) atoms. The largest absolute Gasteiger partial charge is 0.481 e. The minimum absolute atomic E-state index is 0.126. The molecular formula is C21H23F3N2O3S. The molecular weight excluding hydrogens is 417 g/mol. The molecule has 0 aromatic heterocycles. The van der Waals surface area contributed by atoms with E-state index in [0.29, 0.717) is 48.7 Å². The standard InChI is InChI=1S/C21H23F3N2O3S/c1-15-3-8-19(13-16(15)14-20(27)28)30(29)26-10-2-9-25(11-12-26)18-6-4-17(5-7-18)21(22,23)24/h3-8,13H,2,9-12,14H2,1H3,(H,27,28). The van der Waals surface area contributed by atoms with Gasteiger partial charge in [0.2, 0.25) is 0 Å². The monoisotopic (exact) mass is 440 g/mol. The van der Waals surface area contributed by atoms with Crippen molar-refractivity contribution in [2.24, 2.45) is 0 Å². The van der Waals surface area contributed by atoms with Crippen LogP contribution in [0.5, 0.6) is 0 Å². The second-order valence-electron chi connectivity index (χ2n) is 7.22. The van der Waals surface area contributed by atoms with Crippen molar-refractivity contribution in [3.05, 3.63) is 59.2 Å². The topological polar surface area (TPSA) is 60.9 Å². The number of anilines is 1. The number of rotatable bonds is 5. The molecule has 1 atom stereocenters. The van der Waals surface area contributed by atoms with Gasteiger partial charge in [0, 0.05) is 31.9 Å². The summed E-state index contributed by atoms with van der Waals surface area (Å²) in [6.07, 6.45) is -3.78. The number of halogens is 3. The van der Waals surface area contributed by atoms with Crippen LogP contribution in [0.3, 0.4) is 0 Å². The molecule has 0 saturated carbocycles. The van der Waals surface area contributed by atoms with Gasteiger partial charge in [0.15, 0.2) is 0 Å². The number of alkyl halides is 3. The second kappa shape index (κ2) is 9.18. The smallest absolute Gasteiger partial charge is 0.416 e. The van der Waals surface area contributed by atoms with Gasteiger partial charge in [-0.1, -0.05) is 6.07 Å². The molecule has 5 nitrogen and oxygen atoms in total. The lowest BCUT2D eigenvalue weighted by atomic mass is 10.1. The first-order valence-corrected chi connectivity index (χ1v) is 10.7. The van der Waals surface area contributed by atoms with Crippen LogP contribution < -0.4 is 4.90 Å². The first-order chi connectivity index (χ1) is 14.1.